The summed E-state index contributed by atoms with van der Waals surface area (Å²) in [5.74, 6) is 0.194. The van der Waals surface area contributed by atoms with E-state index < -0.39 is 0 Å². The van der Waals surface area contributed by atoms with Crippen molar-refractivity contribution in [3.8, 4) is 0 Å². The summed E-state index contributed by atoms with van der Waals surface area (Å²) in [7, 11) is 1.87. The minimum atomic E-state index is 0.194. The summed E-state index contributed by atoms with van der Waals surface area (Å²) in [6.07, 6.45) is 1.50. The van der Waals surface area contributed by atoms with Gasteiger partial charge in [0.1, 0.15) is 0 Å². The maximum absolute atomic E-state index is 12.0. The van der Waals surface area contributed by atoms with E-state index in [0.717, 1.165) is 23.9 Å². The summed E-state index contributed by atoms with van der Waals surface area (Å²) in [6.45, 7) is 4.93. The first-order valence-corrected chi connectivity index (χ1v) is 7.03. The van der Waals surface area contributed by atoms with Gasteiger partial charge in [-0.3, -0.25) is 4.79 Å². The highest BCUT2D eigenvalue weighted by Crippen LogP contribution is 2.12. The molecule has 0 heterocycles. The summed E-state index contributed by atoms with van der Waals surface area (Å²) in [5, 5.41) is 0.939. The van der Waals surface area contributed by atoms with Crippen molar-refractivity contribution in [3.05, 3.63) is 34.9 Å². The third-order valence-corrected chi connectivity index (χ3v) is 3.46. The van der Waals surface area contributed by atoms with E-state index in [1.54, 1.807) is 0 Å². The maximum atomic E-state index is 12.0. The predicted octanol–water partition coefficient (Wildman–Crippen LogP) is 3.09. The molecule has 0 aliphatic rings. The van der Waals surface area contributed by atoms with Gasteiger partial charge in [0.25, 0.3) is 0 Å². The number of hydrogen-bond acceptors (Lipinski definition) is 1. The van der Waals surface area contributed by atoms with Crippen LogP contribution in [0.25, 0.3) is 0 Å². The number of carbonyl (C=O) groups excluding carboxylic acids is 1. The topological polar surface area (TPSA) is 20.3 Å². The van der Waals surface area contributed by atoms with Crippen LogP contribution in [0.2, 0.25) is 0 Å². The molecule has 0 aliphatic heterocycles. The second-order valence-corrected chi connectivity index (χ2v) is 5.26. The smallest absolute Gasteiger partial charge is 0.226 e. The number of alkyl halides is 1. The highest BCUT2D eigenvalue weighted by molar-refractivity contribution is 9.09. The number of carbonyl (C=O) groups is 1. The van der Waals surface area contributed by atoms with Crippen LogP contribution < -0.4 is 0 Å². The Bertz CT molecular complexity index is 390. The van der Waals surface area contributed by atoms with Gasteiger partial charge in [-0.25, -0.2) is 0 Å². The molecule has 0 saturated carbocycles. The lowest BCUT2D eigenvalue weighted by atomic mass is 10.0. The molecule has 1 amide bonds. The van der Waals surface area contributed by atoms with Gasteiger partial charge in [-0.15, -0.1) is 0 Å². The van der Waals surface area contributed by atoms with Crippen molar-refractivity contribution in [2.45, 2.75) is 26.7 Å². The quantitative estimate of drug-likeness (QED) is 0.765. The number of halogens is 1. The lowest BCUT2D eigenvalue weighted by molar-refractivity contribution is -0.129. The second kappa shape index (κ2) is 6.80. The highest BCUT2D eigenvalue weighted by atomic mass is 79.9. The number of likely N-dealkylation sites (N-methyl/N-ethyl adjacent to an activating group) is 1. The van der Waals surface area contributed by atoms with Crippen molar-refractivity contribution in [1.29, 1.82) is 0 Å². The van der Waals surface area contributed by atoms with Gasteiger partial charge in [0, 0.05) is 18.9 Å². The first kappa shape index (κ1) is 14.2. The lowest BCUT2D eigenvalue weighted by Gasteiger charge is -2.17. The molecular formula is C14H20BrNO. The van der Waals surface area contributed by atoms with E-state index in [9.17, 15) is 4.79 Å². The molecule has 0 unspecified atom stereocenters. The third kappa shape index (κ3) is 4.50. The van der Waals surface area contributed by atoms with E-state index in [-0.39, 0.29) is 5.91 Å². The van der Waals surface area contributed by atoms with E-state index in [4.69, 9.17) is 0 Å². The van der Waals surface area contributed by atoms with Gasteiger partial charge in [-0.05, 0) is 31.4 Å². The first-order valence-electron chi connectivity index (χ1n) is 5.90. The molecule has 0 aromatic heterocycles. The van der Waals surface area contributed by atoms with Gasteiger partial charge in [0.15, 0.2) is 0 Å². The minimum Gasteiger partial charge on any atom is -0.345 e. The largest absolute Gasteiger partial charge is 0.345 e. The molecule has 0 radical (unpaired) electrons. The molecule has 0 saturated heterocycles. The SMILES string of the molecule is Cc1ccc(C)c(CC(=O)N(C)CCCBr)c1. The van der Waals surface area contributed by atoms with Crippen LogP contribution in [0, 0.1) is 13.8 Å². The molecule has 0 fully saturated rings. The Kier molecular flexibility index (Phi) is 5.69. The second-order valence-electron chi connectivity index (χ2n) is 4.46. The molecule has 0 N–H and O–H groups in total. The highest BCUT2D eigenvalue weighted by Gasteiger charge is 2.10. The zero-order chi connectivity index (χ0) is 12.8. The summed E-state index contributed by atoms with van der Waals surface area (Å²) in [4.78, 5) is 13.8. The van der Waals surface area contributed by atoms with Crippen molar-refractivity contribution in [3.63, 3.8) is 0 Å². The molecule has 0 spiro atoms. The minimum absolute atomic E-state index is 0.194. The van der Waals surface area contributed by atoms with E-state index in [2.05, 4.69) is 48.0 Å². The Morgan fingerprint density at radius 1 is 1.35 bits per heavy atom. The zero-order valence-electron chi connectivity index (χ0n) is 10.8. The average molecular weight is 298 g/mol. The zero-order valence-corrected chi connectivity index (χ0v) is 12.4. The van der Waals surface area contributed by atoms with Crippen LogP contribution in [0.3, 0.4) is 0 Å². The number of nitrogens with zero attached hydrogens (tertiary/aromatic N) is 1. The Morgan fingerprint density at radius 3 is 2.71 bits per heavy atom. The van der Waals surface area contributed by atoms with Crippen molar-refractivity contribution >= 4 is 21.8 Å². The van der Waals surface area contributed by atoms with Crippen molar-refractivity contribution in [1.82, 2.24) is 4.90 Å². The van der Waals surface area contributed by atoms with Crippen LogP contribution in [0.15, 0.2) is 18.2 Å². The molecular weight excluding hydrogens is 278 g/mol. The van der Waals surface area contributed by atoms with Crippen LogP contribution in [0.4, 0.5) is 0 Å². The standard InChI is InChI=1S/C14H20BrNO/c1-11-5-6-12(2)13(9-11)10-14(17)16(3)8-4-7-15/h5-6,9H,4,7-8,10H2,1-3H3. The van der Waals surface area contributed by atoms with Gasteiger partial charge in [0.2, 0.25) is 5.91 Å². The summed E-state index contributed by atoms with van der Waals surface area (Å²) >= 11 is 3.38. The fourth-order valence-corrected chi connectivity index (χ4v) is 1.96. The van der Waals surface area contributed by atoms with Gasteiger partial charge in [-0.2, -0.15) is 0 Å². The van der Waals surface area contributed by atoms with E-state index in [1.165, 1.54) is 11.1 Å². The lowest BCUT2D eigenvalue weighted by Crippen LogP contribution is -2.29. The van der Waals surface area contributed by atoms with Gasteiger partial charge >= 0.3 is 0 Å². The number of benzene rings is 1. The van der Waals surface area contributed by atoms with Crippen LogP contribution in [-0.2, 0) is 11.2 Å². The van der Waals surface area contributed by atoms with Gasteiger partial charge in [0.05, 0.1) is 6.42 Å². The van der Waals surface area contributed by atoms with Crippen molar-refractivity contribution < 1.29 is 4.79 Å². The van der Waals surface area contributed by atoms with Crippen LogP contribution in [-0.4, -0.2) is 29.7 Å². The molecule has 2 nitrogen and oxygen atoms in total. The predicted molar refractivity (Wildman–Crippen MR) is 75.7 cm³/mol. The first-order chi connectivity index (χ1) is 8.04. The number of amides is 1. The van der Waals surface area contributed by atoms with E-state index >= 15 is 0 Å². The number of aryl methyl sites for hydroxylation is 2. The van der Waals surface area contributed by atoms with Gasteiger partial charge < -0.3 is 4.90 Å². The third-order valence-electron chi connectivity index (χ3n) is 2.90. The monoisotopic (exact) mass is 297 g/mol. The molecule has 17 heavy (non-hydrogen) atoms. The molecule has 1 aromatic carbocycles. The average Bonchev–Trinajstić information content (AvgIpc) is 2.30. The van der Waals surface area contributed by atoms with Crippen LogP contribution >= 0.6 is 15.9 Å². The molecule has 0 atom stereocenters. The molecule has 0 bridgehead atoms. The van der Waals surface area contributed by atoms with Gasteiger partial charge in [-0.1, -0.05) is 39.7 Å². The van der Waals surface area contributed by atoms with Crippen LogP contribution in [0.1, 0.15) is 23.1 Å². The van der Waals surface area contributed by atoms with Crippen molar-refractivity contribution in [2.75, 3.05) is 18.9 Å². The summed E-state index contributed by atoms with van der Waals surface area (Å²) in [5.41, 5.74) is 3.54. The summed E-state index contributed by atoms with van der Waals surface area (Å²) < 4.78 is 0. The summed E-state index contributed by atoms with van der Waals surface area (Å²) in [6, 6.07) is 6.26. The molecule has 3 heteroatoms. The Morgan fingerprint density at radius 2 is 2.06 bits per heavy atom. The molecule has 1 rings (SSSR count). The Hall–Kier alpha value is -0.830. The Balaban J connectivity index is 2.64. The molecule has 1 aromatic rings. The van der Waals surface area contributed by atoms with Crippen LogP contribution in [0.5, 0.6) is 0 Å². The normalized spacial score (nSPS) is 10.4. The maximum Gasteiger partial charge on any atom is 0.226 e. The number of hydrogen-bond donors (Lipinski definition) is 0. The van der Waals surface area contributed by atoms with Crippen molar-refractivity contribution in [2.24, 2.45) is 0 Å². The number of rotatable bonds is 5. The fourth-order valence-electron chi connectivity index (χ4n) is 1.71. The Labute approximate surface area is 112 Å². The van der Waals surface area contributed by atoms with E-state index in [0.29, 0.717) is 6.42 Å². The van der Waals surface area contributed by atoms with E-state index in [1.807, 2.05) is 11.9 Å². The molecule has 0 aliphatic carbocycles. The fraction of sp³-hybridized carbons (Fsp3) is 0.500. The molecule has 94 valence electrons.